The largest absolute Gasteiger partial charge is 0.480 e. The van der Waals surface area contributed by atoms with Crippen LogP contribution < -0.4 is 0 Å². The second kappa shape index (κ2) is 7.03. The number of aliphatic hydroxyl groups is 2. The first-order valence-corrected chi connectivity index (χ1v) is 5.28. The zero-order valence-corrected chi connectivity index (χ0v) is 9.76. The van der Waals surface area contributed by atoms with Gasteiger partial charge in [-0.15, -0.1) is 6.58 Å². The van der Waals surface area contributed by atoms with E-state index in [0.717, 1.165) is 0 Å². The molecule has 0 fully saturated rings. The van der Waals surface area contributed by atoms with E-state index in [4.69, 9.17) is 15.3 Å². The van der Waals surface area contributed by atoms with Gasteiger partial charge < -0.3 is 20.1 Å². The van der Waals surface area contributed by atoms with Crippen LogP contribution in [0.5, 0.6) is 0 Å². The Hall–Kier alpha value is -1.40. The summed E-state index contributed by atoms with van der Waals surface area (Å²) in [6.07, 6.45) is 0.0542. The van der Waals surface area contributed by atoms with Crippen molar-refractivity contribution in [2.24, 2.45) is 5.41 Å². The number of carbonyl (C=O) groups is 2. The van der Waals surface area contributed by atoms with Gasteiger partial charge in [-0.2, -0.15) is 0 Å². The normalized spacial score (nSPS) is 14.1. The molecule has 0 aromatic carbocycles. The molecule has 0 aliphatic heterocycles. The van der Waals surface area contributed by atoms with Crippen LogP contribution in [0.15, 0.2) is 12.7 Å². The Bertz CT molecular complexity index is 286. The molecule has 1 unspecified atom stereocenters. The lowest BCUT2D eigenvalue weighted by atomic mass is 9.80. The molecule has 0 amide bonds. The number of carboxylic acids is 1. The summed E-state index contributed by atoms with van der Waals surface area (Å²) in [4.78, 5) is 22.9. The minimum absolute atomic E-state index is 0.0590. The molecule has 0 aliphatic carbocycles. The molecule has 0 aromatic heterocycles. The van der Waals surface area contributed by atoms with E-state index in [9.17, 15) is 9.59 Å². The maximum absolute atomic E-state index is 11.7. The first-order chi connectivity index (χ1) is 7.90. The predicted molar refractivity (Wildman–Crippen MR) is 59.0 cm³/mol. The Balaban J connectivity index is 4.92. The van der Waals surface area contributed by atoms with Crippen LogP contribution in [0, 0.1) is 5.41 Å². The van der Waals surface area contributed by atoms with Crippen molar-refractivity contribution in [1.29, 1.82) is 0 Å². The van der Waals surface area contributed by atoms with Crippen LogP contribution >= 0.6 is 0 Å². The van der Waals surface area contributed by atoms with Crippen molar-refractivity contribution in [3.63, 3.8) is 0 Å². The quantitative estimate of drug-likeness (QED) is 0.246. The first kappa shape index (κ1) is 15.6. The second-order valence-electron chi connectivity index (χ2n) is 3.71. The van der Waals surface area contributed by atoms with Crippen LogP contribution in [0.1, 0.15) is 26.2 Å². The summed E-state index contributed by atoms with van der Waals surface area (Å²) in [7, 11) is 0. The van der Waals surface area contributed by atoms with Crippen molar-refractivity contribution < 1.29 is 29.6 Å². The smallest absolute Gasteiger partial charge is 0.323 e. The van der Waals surface area contributed by atoms with E-state index in [2.05, 4.69) is 11.3 Å². The highest BCUT2D eigenvalue weighted by Crippen LogP contribution is 2.31. The van der Waals surface area contributed by atoms with Crippen LogP contribution in [0.25, 0.3) is 0 Å². The Morgan fingerprint density at radius 2 is 2.06 bits per heavy atom. The van der Waals surface area contributed by atoms with E-state index in [-0.39, 0.29) is 12.8 Å². The predicted octanol–water partition coefficient (Wildman–Crippen LogP) is 0.287. The lowest BCUT2D eigenvalue weighted by molar-refractivity contribution is -0.177. The summed E-state index contributed by atoms with van der Waals surface area (Å²) >= 11 is 0. The van der Waals surface area contributed by atoms with E-state index >= 15 is 0 Å². The highest BCUT2D eigenvalue weighted by Gasteiger charge is 2.46. The summed E-state index contributed by atoms with van der Waals surface area (Å²) in [6.45, 7) is 4.52. The molecule has 0 saturated heterocycles. The topological polar surface area (TPSA) is 104 Å². The molecular formula is C11H18O6. The van der Waals surface area contributed by atoms with Gasteiger partial charge in [-0.05, 0) is 12.8 Å². The van der Waals surface area contributed by atoms with Gasteiger partial charge in [-0.3, -0.25) is 9.59 Å². The van der Waals surface area contributed by atoms with Crippen molar-refractivity contribution in [2.75, 3.05) is 6.61 Å². The number of hydrogen-bond acceptors (Lipinski definition) is 5. The van der Waals surface area contributed by atoms with Crippen molar-refractivity contribution in [1.82, 2.24) is 0 Å². The summed E-state index contributed by atoms with van der Waals surface area (Å²) in [5.74, 6) is -2.27. The van der Waals surface area contributed by atoms with Crippen molar-refractivity contribution in [3.05, 3.63) is 12.7 Å². The second-order valence-corrected chi connectivity index (χ2v) is 3.71. The molecule has 1 atom stereocenters. The lowest BCUT2D eigenvalue weighted by Crippen LogP contribution is -2.41. The van der Waals surface area contributed by atoms with Gasteiger partial charge in [0.1, 0.15) is 6.61 Å². The third-order valence-corrected chi connectivity index (χ3v) is 2.33. The van der Waals surface area contributed by atoms with Crippen molar-refractivity contribution >= 4 is 11.9 Å². The Labute approximate surface area is 99.5 Å². The maximum atomic E-state index is 11.7. The molecule has 3 N–H and O–H groups in total. The number of esters is 1. The number of aliphatic hydroxyl groups excluding tert-OH is 1. The molecule has 0 radical (unpaired) electrons. The SMILES string of the molecule is C=CCC(CCC)(C(=O)O)C(=O)OCC(O)O. The van der Waals surface area contributed by atoms with Gasteiger partial charge in [0.25, 0.3) is 0 Å². The number of rotatable bonds is 8. The van der Waals surface area contributed by atoms with Gasteiger partial charge in [0.05, 0.1) is 0 Å². The monoisotopic (exact) mass is 246 g/mol. The Morgan fingerprint density at radius 3 is 2.41 bits per heavy atom. The van der Waals surface area contributed by atoms with Gasteiger partial charge in [0.15, 0.2) is 11.7 Å². The molecule has 6 nitrogen and oxygen atoms in total. The number of aliphatic carboxylic acids is 1. The van der Waals surface area contributed by atoms with E-state index in [1.54, 1.807) is 6.92 Å². The van der Waals surface area contributed by atoms with Crippen LogP contribution in [-0.2, 0) is 14.3 Å². The van der Waals surface area contributed by atoms with E-state index in [1.165, 1.54) is 6.08 Å². The molecule has 0 saturated carbocycles. The minimum atomic E-state index is -1.81. The summed E-state index contributed by atoms with van der Waals surface area (Å²) < 4.78 is 4.57. The molecule has 0 spiro atoms. The minimum Gasteiger partial charge on any atom is -0.480 e. The Kier molecular flexibility index (Phi) is 6.45. The number of ether oxygens (including phenoxy) is 1. The molecule has 6 heteroatoms. The summed E-state index contributed by atoms with van der Waals surface area (Å²) in [5.41, 5.74) is -1.69. The number of allylic oxidation sites excluding steroid dienone is 1. The van der Waals surface area contributed by atoms with Gasteiger partial charge >= 0.3 is 11.9 Å². The number of carbonyl (C=O) groups excluding carboxylic acids is 1. The van der Waals surface area contributed by atoms with Gasteiger partial charge in [0, 0.05) is 0 Å². The van der Waals surface area contributed by atoms with E-state index in [1.807, 2.05) is 0 Å². The molecule has 98 valence electrons. The van der Waals surface area contributed by atoms with Crippen LogP contribution in [0.2, 0.25) is 0 Å². The molecule has 0 aromatic rings. The van der Waals surface area contributed by atoms with Crippen molar-refractivity contribution in [2.45, 2.75) is 32.5 Å². The number of hydrogen-bond donors (Lipinski definition) is 3. The van der Waals surface area contributed by atoms with E-state index in [0.29, 0.717) is 6.42 Å². The summed E-state index contributed by atoms with van der Waals surface area (Å²) in [6, 6.07) is 0. The van der Waals surface area contributed by atoms with Gasteiger partial charge in [-0.25, -0.2) is 0 Å². The average Bonchev–Trinajstić information content (AvgIpc) is 2.24. The third-order valence-electron chi connectivity index (χ3n) is 2.33. The third kappa shape index (κ3) is 4.16. The fourth-order valence-corrected chi connectivity index (χ4v) is 1.53. The van der Waals surface area contributed by atoms with E-state index < -0.39 is 30.3 Å². The van der Waals surface area contributed by atoms with Crippen molar-refractivity contribution in [3.8, 4) is 0 Å². The highest BCUT2D eigenvalue weighted by molar-refractivity contribution is 5.99. The fourth-order valence-electron chi connectivity index (χ4n) is 1.53. The number of carboxylic acid groups (broad SMARTS) is 1. The molecule has 0 heterocycles. The zero-order chi connectivity index (χ0) is 13.5. The first-order valence-electron chi connectivity index (χ1n) is 5.28. The van der Waals surface area contributed by atoms with Gasteiger partial charge in [-0.1, -0.05) is 19.4 Å². The highest BCUT2D eigenvalue weighted by atomic mass is 16.6. The molecule has 0 rings (SSSR count). The average molecular weight is 246 g/mol. The van der Waals surface area contributed by atoms with Crippen LogP contribution in [0.4, 0.5) is 0 Å². The maximum Gasteiger partial charge on any atom is 0.323 e. The zero-order valence-electron chi connectivity index (χ0n) is 9.76. The molecule has 0 bridgehead atoms. The fraction of sp³-hybridized carbons (Fsp3) is 0.636. The lowest BCUT2D eigenvalue weighted by Gasteiger charge is -2.25. The van der Waals surface area contributed by atoms with Crippen LogP contribution in [-0.4, -0.2) is 40.2 Å². The van der Waals surface area contributed by atoms with Crippen LogP contribution in [0.3, 0.4) is 0 Å². The van der Waals surface area contributed by atoms with Gasteiger partial charge in [0.2, 0.25) is 0 Å². The molecular weight excluding hydrogens is 228 g/mol. The Morgan fingerprint density at radius 1 is 1.47 bits per heavy atom. The molecule has 0 aliphatic rings. The summed E-state index contributed by atoms with van der Waals surface area (Å²) in [5, 5.41) is 26.3. The standard InChI is InChI=1S/C11H18O6/c1-3-5-11(6-4-2,9(14)15)10(16)17-7-8(12)13/h3,8,12-13H,1,4-7H2,2H3,(H,14,15). The molecule has 17 heavy (non-hydrogen) atoms.